The second-order valence-electron chi connectivity index (χ2n) is 5.44. The first-order chi connectivity index (χ1) is 10.8. The molecular weight excluding hydrogens is 340 g/mol. The van der Waals surface area contributed by atoms with Gasteiger partial charge in [-0.2, -0.15) is 0 Å². The first-order valence-electron chi connectivity index (χ1n) is 7.37. The van der Waals surface area contributed by atoms with Crippen molar-refractivity contribution in [2.24, 2.45) is 0 Å². The first-order valence-corrected chi connectivity index (χ1v) is 10.5. The maximum absolute atomic E-state index is 12.4. The number of rotatable bonds is 6. The molecule has 0 atom stereocenters. The fraction of sp³-hybridized carbons (Fsp3) is 0.571. The maximum atomic E-state index is 12.4. The number of hydrogen-bond acceptors (Lipinski definition) is 5. The van der Waals surface area contributed by atoms with Crippen molar-refractivity contribution in [3.8, 4) is 0 Å². The summed E-state index contributed by atoms with van der Waals surface area (Å²) in [6, 6.07) is 4.70. The van der Waals surface area contributed by atoms with Gasteiger partial charge in [0.1, 0.15) is 0 Å². The van der Waals surface area contributed by atoms with Crippen molar-refractivity contribution in [3.63, 3.8) is 0 Å². The molecule has 7 nitrogen and oxygen atoms in total. The molecule has 1 saturated heterocycles. The van der Waals surface area contributed by atoms with Gasteiger partial charge >= 0.3 is 0 Å². The molecule has 1 aromatic carbocycles. The van der Waals surface area contributed by atoms with E-state index in [4.69, 9.17) is 4.74 Å². The van der Waals surface area contributed by atoms with Gasteiger partial charge in [0.15, 0.2) is 0 Å². The van der Waals surface area contributed by atoms with E-state index in [0.717, 1.165) is 6.42 Å². The van der Waals surface area contributed by atoms with Gasteiger partial charge in [-0.05, 0) is 37.5 Å². The highest BCUT2D eigenvalue weighted by Gasteiger charge is 2.27. The smallest absolute Gasteiger partial charge is 0.240 e. The van der Waals surface area contributed by atoms with Gasteiger partial charge in [0.25, 0.3) is 0 Å². The molecular formula is C14H22N2O5S2. The summed E-state index contributed by atoms with van der Waals surface area (Å²) in [6.07, 6.45) is 1.40. The molecule has 0 spiro atoms. The van der Waals surface area contributed by atoms with E-state index in [-0.39, 0.29) is 23.8 Å². The first kappa shape index (κ1) is 18.2. The third kappa shape index (κ3) is 4.23. The Bertz CT molecular complexity index is 759. The molecule has 0 aromatic heterocycles. The predicted octanol–water partition coefficient (Wildman–Crippen LogP) is 0.850. The number of benzene rings is 1. The third-order valence-electron chi connectivity index (χ3n) is 3.70. The minimum absolute atomic E-state index is 0.0897. The van der Waals surface area contributed by atoms with Crippen LogP contribution in [0.25, 0.3) is 0 Å². The van der Waals surface area contributed by atoms with Crippen LogP contribution in [0.15, 0.2) is 23.1 Å². The molecule has 1 aromatic rings. The Morgan fingerprint density at radius 3 is 2.70 bits per heavy atom. The molecule has 0 radical (unpaired) electrons. The SMILES string of the molecule is COCCNS(=O)(=O)c1cc(N2CCCCS2(=O)=O)ccc1C. The average Bonchev–Trinajstić information content (AvgIpc) is 2.47. The van der Waals surface area contributed by atoms with Crippen LogP contribution < -0.4 is 9.03 Å². The fourth-order valence-corrected chi connectivity index (χ4v) is 5.37. The molecule has 1 N–H and O–H groups in total. The van der Waals surface area contributed by atoms with Gasteiger partial charge in [0.2, 0.25) is 20.0 Å². The lowest BCUT2D eigenvalue weighted by Gasteiger charge is -2.28. The molecule has 0 aliphatic carbocycles. The fourth-order valence-electron chi connectivity index (χ4n) is 2.47. The molecule has 0 amide bonds. The highest BCUT2D eigenvalue weighted by atomic mass is 32.2. The van der Waals surface area contributed by atoms with E-state index < -0.39 is 20.0 Å². The summed E-state index contributed by atoms with van der Waals surface area (Å²) in [6.45, 7) is 2.48. The van der Waals surface area contributed by atoms with Gasteiger partial charge in [0, 0.05) is 20.2 Å². The molecule has 23 heavy (non-hydrogen) atoms. The highest BCUT2D eigenvalue weighted by molar-refractivity contribution is 7.92. The van der Waals surface area contributed by atoms with Crippen LogP contribution in [0.1, 0.15) is 18.4 Å². The molecule has 130 valence electrons. The van der Waals surface area contributed by atoms with E-state index in [1.807, 2.05) is 0 Å². The van der Waals surface area contributed by atoms with E-state index in [2.05, 4.69) is 4.72 Å². The third-order valence-corrected chi connectivity index (χ3v) is 7.17. The molecule has 0 unspecified atom stereocenters. The van der Waals surface area contributed by atoms with Crippen LogP contribution in [-0.4, -0.2) is 49.4 Å². The van der Waals surface area contributed by atoms with Crippen molar-refractivity contribution >= 4 is 25.7 Å². The van der Waals surface area contributed by atoms with E-state index in [1.54, 1.807) is 19.1 Å². The molecule has 1 heterocycles. The van der Waals surface area contributed by atoms with Crippen molar-refractivity contribution in [2.75, 3.05) is 36.9 Å². The van der Waals surface area contributed by atoms with Crippen LogP contribution in [0.3, 0.4) is 0 Å². The van der Waals surface area contributed by atoms with Gasteiger partial charge in [-0.3, -0.25) is 4.31 Å². The number of methoxy groups -OCH3 is 1. The van der Waals surface area contributed by atoms with Gasteiger partial charge in [-0.1, -0.05) is 6.07 Å². The second kappa shape index (κ2) is 7.16. The maximum Gasteiger partial charge on any atom is 0.240 e. The zero-order valence-electron chi connectivity index (χ0n) is 13.3. The Hall–Kier alpha value is -1.16. The molecule has 2 rings (SSSR count). The Morgan fingerprint density at radius 2 is 2.04 bits per heavy atom. The predicted molar refractivity (Wildman–Crippen MR) is 88.6 cm³/mol. The normalized spacial score (nSPS) is 18.1. The topological polar surface area (TPSA) is 92.8 Å². The summed E-state index contributed by atoms with van der Waals surface area (Å²) < 4.78 is 57.7. The van der Waals surface area contributed by atoms with Crippen molar-refractivity contribution in [1.82, 2.24) is 4.72 Å². The molecule has 1 aliphatic heterocycles. The summed E-state index contributed by atoms with van der Waals surface area (Å²) in [5, 5.41) is 0. The van der Waals surface area contributed by atoms with E-state index in [1.165, 1.54) is 17.5 Å². The quantitative estimate of drug-likeness (QED) is 0.758. The number of aryl methyl sites for hydroxylation is 1. The highest BCUT2D eigenvalue weighted by Crippen LogP contribution is 2.27. The molecule has 0 saturated carbocycles. The minimum atomic E-state index is -3.71. The summed E-state index contributed by atoms with van der Waals surface area (Å²) in [7, 11) is -5.60. The second-order valence-corrected chi connectivity index (χ2v) is 9.18. The van der Waals surface area contributed by atoms with Gasteiger partial charge in [-0.25, -0.2) is 21.6 Å². The molecule has 1 aliphatic rings. The average molecular weight is 362 g/mol. The summed E-state index contributed by atoms with van der Waals surface area (Å²) in [4.78, 5) is 0.0897. The van der Waals surface area contributed by atoms with Gasteiger partial charge in [0.05, 0.1) is 22.9 Å². The number of hydrogen-bond donors (Lipinski definition) is 1. The summed E-state index contributed by atoms with van der Waals surface area (Å²) in [5.41, 5.74) is 0.954. The summed E-state index contributed by atoms with van der Waals surface area (Å²) >= 11 is 0. The van der Waals surface area contributed by atoms with E-state index in [9.17, 15) is 16.8 Å². The van der Waals surface area contributed by atoms with Crippen LogP contribution >= 0.6 is 0 Å². The Balaban J connectivity index is 2.36. The molecule has 0 bridgehead atoms. The van der Waals surface area contributed by atoms with Gasteiger partial charge < -0.3 is 4.74 Å². The van der Waals surface area contributed by atoms with Gasteiger partial charge in [-0.15, -0.1) is 0 Å². The zero-order valence-corrected chi connectivity index (χ0v) is 14.9. The summed E-state index contributed by atoms with van der Waals surface area (Å²) in [5.74, 6) is 0.0923. The van der Waals surface area contributed by atoms with Crippen molar-refractivity contribution in [2.45, 2.75) is 24.7 Å². The number of nitrogens with zero attached hydrogens (tertiary/aromatic N) is 1. The van der Waals surface area contributed by atoms with Crippen molar-refractivity contribution < 1.29 is 21.6 Å². The minimum Gasteiger partial charge on any atom is -0.383 e. The van der Waals surface area contributed by atoms with Crippen LogP contribution in [0.4, 0.5) is 5.69 Å². The van der Waals surface area contributed by atoms with E-state index >= 15 is 0 Å². The van der Waals surface area contributed by atoms with Crippen LogP contribution in [0.5, 0.6) is 0 Å². The Morgan fingerprint density at radius 1 is 1.30 bits per heavy atom. The Labute approximate surface area is 137 Å². The van der Waals surface area contributed by atoms with Crippen LogP contribution in [-0.2, 0) is 24.8 Å². The standard InChI is InChI=1S/C14H22N2O5S2/c1-12-5-6-13(16-8-3-4-10-22(16,17)18)11-14(12)23(19,20)15-7-9-21-2/h5-6,11,15H,3-4,7-10H2,1-2H3. The lowest BCUT2D eigenvalue weighted by Crippen LogP contribution is -2.38. The van der Waals surface area contributed by atoms with E-state index in [0.29, 0.717) is 24.2 Å². The number of nitrogens with one attached hydrogen (secondary N) is 1. The monoisotopic (exact) mass is 362 g/mol. The lowest BCUT2D eigenvalue weighted by atomic mass is 10.2. The number of ether oxygens (including phenoxy) is 1. The van der Waals surface area contributed by atoms with Crippen molar-refractivity contribution in [1.29, 1.82) is 0 Å². The molecule has 9 heteroatoms. The zero-order chi connectivity index (χ0) is 17.1. The largest absolute Gasteiger partial charge is 0.383 e. The lowest BCUT2D eigenvalue weighted by molar-refractivity contribution is 0.204. The van der Waals surface area contributed by atoms with Crippen molar-refractivity contribution in [3.05, 3.63) is 23.8 Å². The molecule has 1 fully saturated rings. The number of sulfonamides is 2. The number of anilines is 1. The Kier molecular flexibility index (Phi) is 5.66. The van der Waals surface area contributed by atoms with Crippen LogP contribution in [0, 0.1) is 6.92 Å². The van der Waals surface area contributed by atoms with Crippen LogP contribution in [0.2, 0.25) is 0 Å².